The molecule has 8 nitrogen and oxygen atoms in total. The zero-order chi connectivity index (χ0) is 21.8. The lowest BCUT2D eigenvalue weighted by Gasteiger charge is -2.37. The fourth-order valence-corrected chi connectivity index (χ4v) is 3.76. The van der Waals surface area contributed by atoms with E-state index in [1.54, 1.807) is 12.3 Å². The van der Waals surface area contributed by atoms with E-state index in [1.165, 1.54) is 0 Å². The van der Waals surface area contributed by atoms with Crippen LogP contribution in [0.5, 0.6) is 0 Å². The van der Waals surface area contributed by atoms with Gasteiger partial charge in [-0.1, -0.05) is 0 Å². The summed E-state index contributed by atoms with van der Waals surface area (Å²) in [6.45, 7) is 7.94. The predicted octanol–water partition coefficient (Wildman–Crippen LogP) is 1.50. The van der Waals surface area contributed by atoms with Crippen molar-refractivity contribution in [3.05, 3.63) is 24.2 Å². The lowest BCUT2D eigenvalue weighted by molar-refractivity contribution is 0.250. The molecule has 9 heteroatoms. The smallest absolute Gasteiger partial charge is 0.212 e. The topological polar surface area (TPSA) is 79.3 Å². The van der Waals surface area contributed by atoms with Crippen LogP contribution in [-0.2, 0) is 16.6 Å². The second kappa shape index (κ2) is 13.4. The zero-order valence-electron chi connectivity index (χ0n) is 18.7. The van der Waals surface area contributed by atoms with Gasteiger partial charge in [-0.05, 0) is 54.2 Å². The Kier molecular flexibility index (Phi) is 11.6. The monoisotopic (exact) mass is 424 g/mol. The van der Waals surface area contributed by atoms with Crippen molar-refractivity contribution in [1.82, 2.24) is 19.6 Å². The Labute approximate surface area is 178 Å². The van der Waals surface area contributed by atoms with E-state index < -0.39 is 10.8 Å². The normalized spacial score (nSPS) is 13.2. The van der Waals surface area contributed by atoms with E-state index in [0.29, 0.717) is 24.0 Å². The molecular formula is C20H36N6O2S. The second-order valence-corrected chi connectivity index (χ2v) is 9.34. The molecule has 29 heavy (non-hydrogen) atoms. The third-order valence-electron chi connectivity index (χ3n) is 4.39. The van der Waals surface area contributed by atoms with Crippen molar-refractivity contribution in [2.75, 3.05) is 66.7 Å². The second-order valence-electron chi connectivity index (χ2n) is 7.76. The SMILES string of the molecule is CC(C)N(CCS(=O)Cc1ccco1)C(=NC#N)N(CCN(C)C)CCN(C)C. The maximum Gasteiger partial charge on any atom is 0.212 e. The van der Waals surface area contributed by atoms with Gasteiger partial charge in [0.05, 0.1) is 12.0 Å². The zero-order valence-corrected chi connectivity index (χ0v) is 19.5. The van der Waals surface area contributed by atoms with Gasteiger partial charge >= 0.3 is 0 Å². The molecular weight excluding hydrogens is 388 g/mol. The average molecular weight is 425 g/mol. The fraction of sp³-hybridized carbons (Fsp3) is 0.700. The number of rotatable bonds is 12. The molecule has 0 aliphatic rings. The summed E-state index contributed by atoms with van der Waals surface area (Å²) in [5.41, 5.74) is 0. The molecule has 164 valence electrons. The van der Waals surface area contributed by atoms with Gasteiger partial charge in [-0.15, -0.1) is 4.99 Å². The highest BCUT2D eigenvalue weighted by Crippen LogP contribution is 2.09. The molecule has 1 aromatic heterocycles. The minimum absolute atomic E-state index is 0.129. The van der Waals surface area contributed by atoms with Crippen LogP contribution < -0.4 is 0 Å². The van der Waals surface area contributed by atoms with Crippen LogP contribution in [0.1, 0.15) is 19.6 Å². The summed E-state index contributed by atoms with van der Waals surface area (Å²) in [4.78, 5) is 12.6. The van der Waals surface area contributed by atoms with Gasteiger partial charge in [0.2, 0.25) is 12.2 Å². The summed E-state index contributed by atoms with van der Waals surface area (Å²) in [7, 11) is 7.07. The lowest BCUT2D eigenvalue weighted by Crippen LogP contribution is -2.51. The van der Waals surface area contributed by atoms with E-state index in [1.807, 2.05) is 40.5 Å². The van der Waals surface area contributed by atoms with Crippen molar-refractivity contribution in [2.45, 2.75) is 25.6 Å². The van der Waals surface area contributed by atoms with Crippen LogP contribution in [0.25, 0.3) is 0 Å². The molecule has 0 saturated heterocycles. The summed E-state index contributed by atoms with van der Waals surface area (Å²) in [6, 6.07) is 3.77. The van der Waals surface area contributed by atoms with E-state index in [4.69, 9.17) is 4.42 Å². The summed E-state index contributed by atoms with van der Waals surface area (Å²) in [6.07, 6.45) is 3.56. The van der Waals surface area contributed by atoms with Crippen LogP contribution in [0.4, 0.5) is 0 Å². The lowest BCUT2D eigenvalue weighted by atomic mass is 10.3. The van der Waals surface area contributed by atoms with Gasteiger partial charge in [0, 0.05) is 55.3 Å². The molecule has 1 aromatic rings. The molecule has 0 aliphatic carbocycles. The Hall–Kier alpha value is -1.89. The van der Waals surface area contributed by atoms with Gasteiger partial charge in [0.1, 0.15) is 5.76 Å². The largest absolute Gasteiger partial charge is 0.468 e. The maximum atomic E-state index is 12.5. The first-order valence-electron chi connectivity index (χ1n) is 9.89. The first-order chi connectivity index (χ1) is 13.7. The molecule has 0 N–H and O–H groups in total. The third-order valence-corrected chi connectivity index (χ3v) is 5.63. The number of hydrogen-bond acceptors (Lipinski definition) is 6. The van der Waals surface area contributed by atoms with Crippen molar-refractivity contribution in [1.29, 1.82) is 5.26 Å². The average Bonchev–Trinajstić information content (AvgIpc) is 3.13. The first-order valence-corrected chi connectivity index (χ1v) is 11.4. The Morgan fingerprint density at radius 3 is 2.21 bits per heavy atom. The Balaban J connectivity index is 2.91. The fourth-order valence-electron chi connectivity index (χ4n) is 2.73. The van der Waals surface area contributed by atoms with Crippen molar-refractivity contribution < 1.29 is 8.63 Å². The van der Waals surface area contributed by atoms with Crippen LogP contribution >= 0.6 is 0 Å². The van der Waals surface area contributed by atoms with Gasteiger partial charge in [-0.25, -0.2) is 0 Å². The molecule has 0 radical (unpaired) electrons. The molecule has 1 unspecified atom stereocenters. The number of aliphatic imine (C=N–C) groups is 1. The van der Waals surface area contributed by atoms with E-state index >= 15 is 0 Å². The molecule has 0 bridgehead atoms. The summed E-state index contributed by atoms with van der Waals surface area (Å²) in [5, 5.41) is 9.34. The van der Waals surface area contributed by atoms with E-state index in [9.17, 15) is 9.47 Å². The predicted molar refractivity (Wildman–Crippen MR) is 119 cm³/mol. The minimum atomic E-state index is -1.05. The van der Waals surface area contributed by atoms with Crippen molar-refractivity contribution in [3.8, 4) is 6.19 Å². The highest BCUT2D eigenvalue weighted by atomic mass is 32.2. The van der Waals surface area contributed by atoms with E-state index in [0.717, 1.165) is 31.9 Å². The van der Waals surface area contributed by atoms with Gasteiger partial charge in [0.25, 0.3) is 0 Å². The quantitative estimate of drug-likeness (QED) is 0.286. The van der Waals surface area contributed by atoms with Crippen molar-refractivity contribution >= 4 is 16.8 Å². The molecule has 0 aliphatic heterocycles. The number of nitrogens with zero attached hydrogens (tertiary/aromatic N) is 6. The summed E-state index contributed by atoms with van der Waals surface area (Å²) in [5.74, 6) is 2.26. The Morgan fingerprint density at radius 2 is 1.76 bits per heavy atom. The molecule has 0 aromatic carbocycles. The standard InChI is InChI=1S/C20H36N6O2S/c1-18(2)26(13-15-29(27)16-19-8-7-14-28-19)20(22-17-21)25(11-9-23(3)4)12-10-24(5)6/h7-8,14,18H,9-13,15-16H2,1-6H3. The van der Waals surface area contributed by atoms with Gasteiger partial charge in [0.15, 0.2) is 0 Å². The highest BCUT2D eigenvalue weighted by Gasteiger charge is 2.22. The van der Waals surface area contributed by atoms with Crippen LogP contribution in [0, 0.1) is 11.5 Å². The molecule has 1 rings (SSSR count). The third kappa shape index (κ3) is 9.92. The molecule has 0 spiro atoms. The number of nitriles is 1. The highest BCUT2D eigenvalue weighted by molar-refractivity contribution is 7.84. The van der Waals surface area contributed by atoms with E-state index in [-0.39, 0.29) is 6.04 Å². The van der Waals surface area contributed by atoms with Crippen molar-refractivity contribution in [3.63, 3.8) is 0 Å². The number of likely N-dealkylation sites (N-methyl/N-ethyl adjacent to an activating group) is 2. The van der Waals surface area contributed by atoms with Crippen molar-refractivity contribution in [2.24, 2.45) is 4.99 Å². The van der Waals surface area contributed by atoms with Gasteiger partial charge < -0.3 is 24.0 Å². The molecule has 0 saturated carbocycles. The Morgan fingerprint density at radius 1 is 1.14 bits per heavy atom. The molecule has 1 atom stereocenters. The van der Waals surface area contributed by atoms with Crippen LogP contribution in [0.15, 0.2) is 27.8 Å². The first kappa shape index (κ1) is 25.1. The van der Waals surface area contributed by atoms with Crippen LogP contribution in [-0.4, -0.2) is 102 Å². The molecule has 0 amide bonds. The molecule has 0 fully saturated rings. The molecule has 1 heterocycles. The van der Waals surface area contributed by atoms with Crippen LogP contribution in [0.2, 0.25) is 0 Å². The van der Waals surface area contributed by atoms with Gasteiger partial charge in [-0.3, -0.25) is 4.21 Å². The van der Waals surface area contributed by atoms with Gasteiger partial charge in [-0.2, -0.15) is 5.26 Å². The van der Waals surface area contributed by atoms with Crippen LogP contribution in [0.3, 0.4) is 0 Å². The number of hydrogen-bond donors (Lipinski definition) is 0. The maximum absolute atomic E-state index is 12.5. The number of furan rings is 1. The summed E-state index contributed by atoms with van der Waals surface area (Å²) >= 11 is 0. The number of guanidine groups is 1. The summed E-state index contributed by atoms with van der Waals surface area (Å²) < 4.78 is 17.8. The minimum Gasteiger partial charge on any atom is -0.468 e. The van der Waals surface area contributed by atoms with E-state index in [2.05, 4.69) is 38.4 Å². The Bertz CT molecular complexity index is 655.